The van der Waals surface area contributed by atoms with Gasteiger partial charge in [0.05, 0.1) is 17.0 Å². The van der Waals surface area contributed by atoms with E-state index in [0.29, 0.717) is 5.69 Å². The Morgan fingerprint density at radius 3 is 2.71 bits per heavy atom. The maximum Gasteiger partial charge on any atom is 0.295 e. The van der Waals surface area contributed by atoms with Crippen molar-refractivity contribution >= 4 is 27.3 Å². The van der Waals surface area contributed by atoms with Crippen molar-refractivity contribution in [1.82, 2.24) is 0 Å². The quantitative estimate of drug-likeness (QED) is 0.604. The van der Waals surface area contributed by atoms with Crippen molar-refractivity contribution in [2.75, 3.05) is 5.32 Å². The predicted octanol–water partition coefficient (Wildman–Crippen LogP) is 5.06. The number of nitrogens with one attached hydrogen (secondary N) is 1. The van der Waals surface area contributed by atoms with Crippen LogP contribution in [0.3, 0.4) is 0 Å². The predicted molar refractivity (Wildman–Crippen MR) is 83.9 cm³/mol. The second-order valence-electron chi connectivity index (χ2n) is 4.58. The van der Waals surface area contributed by atoms with Crippen molar-refractivity contribution in [3.63, 3.8) is 0 Å². The van der Waals surface area contributed by atoms with Crippen LogP contribution in [-0.2, 0) is 0 Å². The highest BCUT2D eigenvalue weighted by Crippen LogP contribution is 2.31. The molecule has 6 heteroatoms. The Kier molecular flexibility index (Phi) is 4.90. The molecule has 2 aromatic rings. The van der Waals surface area contributed by atoms with Gasteiger partial charge in [-0.3, -0.25) is 10.1 Å². The highest BCUT2D eigenvalue weighted by atomic mass is 79.9. The van der Waals surface area contributed by atoms with E-state index in [9.17, 15) is 14.5 Å². The molecule has 0 aliphatic carbocycles. The lowest BCUT2D eigenvalue weighted by Crippen LogP contribution is -2.11. The van der Waals surface area contributed by atoms with Crippen molar-refractivity contribution in [2.24, 2.45) is 0 Å². The zero-order valence-electron chi connectivity index (χ0n) is 11.3. The number of hydrogen-bond acceptors (Lipinski definition) is 3. The van der Waals surface area contributed by atoms with Crippen LogP contribution in [0.4, 0.5) is 15.8 Å². The number of nitrogens with zero attached hydrogens (tertiary/aromatic N) is 1. The molecule has 21 heavy (non-hydrogen) atoms. The first-order valence-corrected chi connectivity index (χ1v) is 7.26. The molecular weight excluding hydrogens is 339 g/mol. The van der Waals surface area contributed by atoms with Gasteiger partial charge < -0.3 is 5.32 Å². The lowest BCUT2D eigenvalue weighted by atomic mass is 10.0. The van der Waals surface area contributed by atoms with Crippen LogP contribution in [0.2, 0.25) is 0 Å². The molecule has 0 bridgehead atoms. The largest absolute Gasteiger partial charge is 0.373 e. The summed E-state index contributed by atoms with van der Waals surface area (Å²) in [7, 11) is 0. The summed E-state index contributed by atoms with van der Waals surface area (Å²) >= 11 is 3.41. The number of nitro benzene ring substituents is 1. The number of rotatable bonds is 5. The zero-order valence-corrected chi connectivity index (χ0v) is 12.9. The Morgan fingerprint density at radius 2 is 2.10 bits per heavy atom. The summed E-state index contributed by atoms with van der Waals surface area (Å²) in [6.45, 7) is 1.98. The summed E-state index contributed by atoms with van der Waals surface area (Å²) < 4.78 is 14.1. The summed E-state index contributed by atoms with van der Waals surface area (Å²) in [6.07, 6.45) is 0.741. The fourth-order valence-corrected chi connectivity index (χ4v) is 2.53. The molecule has 2 aromatic carbocycles. The fourth-order valence-electron chi connectivity index (χ4n) is 2.11. The topological polar surface area (TPSA) is 55.2 Å². The third kappa shape index (κ3) is 3.78. The minimum Gasteiger partial charge on any atom is -0.373 e. The molecule has 0 fully saturated rings. The van der Waals surface area contributed by atoms with Crippen LogP contribution >= 0.6 is 15.9 Å². The molecule has 0 aliphatic rings. The fraction of sp³-hybridized carbons (Fsp3) is 0.200. The van der Waals surface area contributed by atoms with E-state index in [-0.39, 0.29) is 11.7 Å². The van der Waals surface area contributed by atoms with Gasteiger partial charge in [-0.25, -0.2) is 4.39 Å². The molecular formula is C15H14BrFN2O2. The molecule has 2 rings (SSSR count). The number of anilines is 1. The van der Waals surface area contributed by atoms with Gasteiger partial charge in [0.1, 0.15) is 11.5 Å². The van der Waals surface area contributed by atoms with Gasteiger partial charge in [-0.2, -0.15) is 0 Å². The highest BCUT2D eigenvalue weighted by Gasteiger charge is 2.18. The second-order valence-corrected chi connectivity index (χ2v) is 5.49. The molecule has 1 N–H and O–H groups in total. The molecule has 0 aromatic heterocycles. The first-order valence-electron chi connectivity index (χ1n) is 6.47. The molecule has 0 heterocycles. The second kappa shape index (κ2) is 6.67. The molecule has 0 saturated heterocycles. The number of hydrogen-bond donors (Lipinski definition) is 1. The maximum absolute atomic E-state index is 13.2. The van der Waals surface area contributed by atoms with Crippen LogP contribution in [-0.4, -0.2) is 4.92 Å². The minimum absolute atomic E-state index is 0.0911. The van der Waals surface area contributed by atoms with Gasteiger partial charge in [-0.15, -0.1) is 0 Å². The van der Waals surface area contributed by atoms with Gasteiger partial charge in [0.25, 0.3) is 5.69 Å². The van der Waals surface area contributed by atoms with E-state index in [4.69, 9.17) is 0 Å². The molecule has 1 unspecified atom stereocenters. The van der Waals surface area contributed by atoms with Crippen LogP contribution in [0.25, 0.3) is 0 Å². The highest BCUT2D eigenvalue weighted by molar-refractivity contribution is 9.10. The Bertz CT molecular complexity index is 664. The van der Waals surface area contributed by atoms with Gasteiger partial charge in [0.2, 0.25) is 0 Å². The third-order valence-corrected chi connectivity index (χ3v) is 3.64. The smallest absolute Gasteiger partial charge is 0.295 e. The molecule has 0 spiro atoms. The summed E-state index contributed by atoms with van der Waals surface area (Å²) in [4.78, 5) is 10.4. The summed E-state index contributed by atoms with van der Waals surface area (Å²) in [5.74, 6) is -0.622. The first-order chi connectivity index (χ1) is 10.0. The lowest BCUT2D eigenvalue weighted by molar-refractivity contribution is -0.384. The normalized spacial score (nSPS) is 12.0. The van der Waals surface area contributed by atoms with Gasteiger partial charge in [0.15, 0.2) is 0 Å². The van der Waals surface area contributed by atoms with E-state index in [0.717, 1.165) is 22.5 Å². The third-order valence-electron chi connectivity index (χ3n) is 3.15. The van der Waals surface area contributed by atoms with Crippen LogP contribution in [0.15, 0.2) is 46.9 Å². The van der Waals surface area contributed by atoms with Crippen molar-refractivity contribution < 1.29 is 9.31 Å². The minimum atomic E-state index is -0.622. The molecule has 0 saturated carbocycles. The standard InChI is InChI=1S/C15H14BrFN2O2/c1-2-13(10-4-3-5-11(16)8-10)18-14-7-6-12(17)9-15(14)19(20)21/h3-9,13,18H,2H2,1H3. The monoisotopic (exact) mass is 352 g/mol. The Labute approximate surface area is 130 Å². The van der Waals surface area contributed by atoms with E-state index in [1.807, 2.05) is 31.2 Å². The SMILES string of the molecule is CCC(Nc1ccc(F)cc1[N+](=O)[O-])c1cccc(Br)c1. The van der Waals surface area contributed by atoms with Crippen LogP contribution < -0.4 is 5.32 Å². The zero-order chi connectivity index (χ0) is 15.4. The Balaban J connectivity index is 2.33. The average molecular weight is 353 g/mol. The molecule has 0 amide bonds. The van der Waals surface area contributed by atoms with Crippen LogP contribution in [0.1, 0.15) is 24.9 Å². The number of halogens is 2. The van der Waals surface area contributed by atoms with Gasteiger partial charge in [-0.05, 0) is 36.2 Å². The number of nitro groups is 1. The molecule has 1 atom stereocenters. The Morgan fingerprint density at radius 1 is 1.33 bits per heavy atom. The van der Waals surface area contributed by atoms with Crippen LogP contribution in [0, 0.1) is 15.9 Å². The lowest BCUT2D eigenvalue weighted by Gasteiger charge is -2.19. The van der Waals surface area contributed by atoms with Crippen molar-refractivity contribution in [3.05, 3.63) is 68.4 Å². The summed E-state index contributed by atoms with van der Waals surface area (Å²) in [5.41, 5.74) is 1.06. The van der Waals surface area contributed by atoms with Crippen LogP contribution in [0.5, 0.6) is 0 Å². The van der Waals surface area contributed by atoms with Crippen molar-refractivity contribution in [1.29, 1.82) is 0 Å². The van der Waals surface area contributed by atoms with E-state index in [1.54, 1.807) is 0 Å². The van der Waals surface area contributed by atoms with E-state index in [2.05, 4.69) is 21.2 Å². The van der Waals surface area contributed by atoms with E-state index < -0.39 is 10.7 Å². The molecule has 110 valence electrons. The first kappa shape index (κ1) is 15.4. The molecule has 0 radical (unpaired) electrons. The number of benzene rings is 2. The van der Waals surface area contributed by atoms with Crippen molar-refractivity contribution in [3.8, 4) is 0 Å². The van der Waals surface area contributed by atoms with Gasteiger partial charge in [0, 0.05) is 4.47 Å². The summed E-state index contributed by atoms with van der Waals surface area (Å²) in [5, 5.41) is 14.1. The maximum atomic E-state index is 13.2. The van der Waals surface area contributed by atoms with Crippen molar-refractivity contribution in [2.45, 2.75) is 19.4 Å². The van der Waals surface area contributed by atoms with Gasteiger partial charge >= 0.3 is 0 Å². The van der Waals surface area contributed by atoms with E-state index in [1.165, 1.54) is 12.1 Å². The van der Waals surface area contributed by atoms with E-state index >= 15 is 0 Å². The molecule has 0 aliphatic heterocycles. The average Bonchev–Trinajstić information content (AvgIpc) is 2.45. The molecule has 4 nitrogen and oxygen atoms in total. The summed E-state index contributed by atoms with van der Waals surface area (Å²) in [6, 6.07) is 11.2. The Hall–Kier alpha value is -1.95. The van der Waals surface area contributed by atoms with Gasteiger partial charge in [-0.1, -0.05) is 35.0 Å².